The number of nitrogens with zero attached hydrogens (tertiary/aromatic N) is 2. The summed E-state index contributed by atoms with van der Waals surface area (Å²) in [5.74, 6) is 0.615. The lowest BCUT2D eigenvalue weighted by atomic mass is 10.1. The van der Waals surface area contributed by atoms with Crippen LogP contribution < -0.4 is 10.5 Å². The van der Waals surface area contributed by atoms with Crippen LogP contribution in [0.3, 0.4) is 0 Å². The molecule has 0 radical (unpaired) electrons. The molecular formula is C16H16ClN3O. The molecular weight excluding hydrogens is 286 g/mol. The predicted molar refractivity (Wildman–Crippen MR) is 82.1 cm³/mol. The number of rotatable bonds is 5. The first-order valence-corrected chi connectivity index (χ1v) is 6.99. The molecule has 21 heavy (non-hydrogen) atoms. The van der Waals surface area contributed by atoms with E-state index in [2.05, 4.69) is 4.98 Å². The van der Waals surface area contributed by atoms with E-state index in [0.717, 1.165) is 11.1 Å². The maximum absolute atomic E-state index is 9.03. The monoisotopic (exact) mass is 301 g/mol. The summed E-state index contributed by atoms with van der Waals surface area (Å²) in [7, 11) is 0. The number of ether oxygens (including phenoxy) is 1. The minimum Gasteiger partial charge on any atom is -0.487 e. The summed E-state index contributed by atoms with van der Waals surface area (Å²) in [5.41, 5.74) is 7.89. The van der Waals surface area contributed by atoms with Gasteiger partial charge in [-0.15, -0.1) is 0 Å². The van der Waals surface area contributed by atoms with Crippen molar-refractivity contribution in [1.29, 1.82) is 5.26 Å². The van der Waals surface area contributed by atoms with Gasteiger partial charge in [0.15, 0.2) is 0 Å². The number of halogens is 1. The van der Waals surface area contributed by atoms with Crippen LogP contribution in [0.25, 0.3) is 0 Å². The second kappa shape index (κ2) is 7.07. The second-order valence-electron chi connectivity index (χ2n) is 4.82. The van der Waals surface area contributed by atoms with E-state index < -0.39 is 0 Å². The standard InChI is InChI=1S/C16H16ClN3O/c1-11(19)8-12-4-2-6-14(17)16(12)21-10-13-5-3-7-20-15(13)9-18/h2-7,11H,8,10,19H2,1H3. The van der Waals surface area contributed by atoms with Crippen LogP contribution in [0.5, 0.6) is 5.75 Å². The van der Waals surface area contributed by atoms with Gasteiger partial charge in [0.05, 0.1) is 5.02 Å². The number of hydrogen-bond donors (Lipinski definition) is 1. The number of hydrogen-bond acceptors (Lipinski definition) is 4. The molecule has 1 atom stereocenters. The first-order chi connectivity index (χ1) is 10.1. The predicted octanol–water partition coefficient (Wildman–Crippen LogP) is 3.08. The van der Waals surface area contributed by atoms with Gasteiger partial charge in [-0.2, -0.15) is 5.26 Å². The van der Waals surface area contributed by atoms with E-state index in [9.17, 15) is 0 Å². The van der Waals surface area contributed by atoms with Crippen molar-refractivity contribution in [3.8, 4) is 11.8 Å². The van der Waals surface area contributed by atoms with Gasteiger partial charge < -0.3 is 10.5 Å². The first kappa shape index (κ1) is 15.3. The Bertz CT molecular complexity index is 665. The number of nitriles is 1. The SMILES string of the molecule is CC(N)Cc1cccc(Cl)c1OCc1cccnc1C#N. The van der Waals surface area contributed by atoms with E-state index in [1.165, 1.54) is 0 Å². The summed E-state index contributed by atoms with van der Waals surface area (Å²) in [5, 5.41) is 9.57. The Morgan fingerprint density at radius 2 is 2.10 bits per heavy atom. The molecule has 0 saturated carbocycles. The maximum Gasteiger partial charge on any atom is 0.147 e. The molecule has 1 heterocycles. The third kappa shape index (κ3) is 3.94. The van der Waals surface area contributed by atoms with Crippen molar-refractivity contribution >= 4 is 11.6 Å². The molecule has 1 unspecified atom stereocenters. The van der Waals surface area contributed by atoms with Crippen molar-refractivity contribution in [1.82, 2.24) is 4.98 Å². The molecule has 4 nitrogen and oxygen atoms in total. The number of para-hydroxylation sites is 1. The highest BCUT2D eigenvalue weighted by Gasteiger charge is 2.11. The molecule has 0 aliphatic heterocycles. The third-order valence-corrected chi connectivity index (χ3v) is 3.26. The summed E-state index contributed by atoms with van der Waals surface area (Å²) >= 11 is 6.21. The maximum atomic E-state index is 9.03. The summed E-state index contributed by atoms with van der Waals surface area (Å²) in [6, 6.07) is 11.2. The van der Waals surface area contributed by atoms with Crippen LogP contribution in [-0.2, 0) is 13.0 Å². The Hall–Kier alpha value is -2.09. The lowest BCUT2D eigenvalue weighted by Gasteiger charge is -2.15. The van der Waals surface area contributed by atoms with Gasteiger partial charge in [-0.3, -0.25) is 0 Å². The highest BCUT2D eigenvalue weighted by atomic mass is 35.5. The van der Waals surface area contributed by atoms with E-state index in [1.54, 1.807) is 18.3 Å². The molecule has 0 spiro atoms. The normalized spacial score (nSPS) is 11.7. The molecule has 1 aromatic heterocycles. The lowest BCUT2D eigenvalue weighted by Crippen LogP contribution is -2.18. The zero-order valence-electron chi connectivity index (χ0n) is 11.7. The average Bonchev–Trinajstić information content (AvgIpc) is 2.46. The highest BCUT2D eigenvalue weighted by molar-refractivity contribution is 6.32. The van der Waals surface area contributed by atoms with Crippen molar-refractivity contribution < 1.29 is 4.74 Å². The van der Waals surface area contributed by atoms with Crippen molar-refractivity contribution in [2.45, 2.75) is 26.0 Å². The molecule has 2 aromatic rings. The molecule has 108 valence electrons. The van der Waals surface area contributed by atoms with Gasteiger partial charge in [0.2, 0.25) is 0 Å². The molecule has 0 aliphatic carbocycles. The molecule has 2 rings (SSSR count). The van der Waals surface area contributed by atoms with Crippen LogP contribution in [0.15, 0.2) is 36.5 Å². The van der Waals surface area contributed by atoms with Gasteiger partial charge in [-0.1, -0.05) is 29.8 Å². The van der Waals surface area contributed by atoms with Crippen LogP contribution >= 0.6 is 11.6 Å². The Balaban J connectivity index is 2.22. The largest absolute Gasteiger partial charge is 0.487 e. The minimum absolute atomic E-state index is 0.0129. The second-order valence-corrected chi connectivity index (χ2v) is 5.23. The van der Waals surface area contributed by atoms with Crippen molar-refractivity contribution in [3.05, 3.63) is 58.4 Å². The first-order valence-electron chi connectivity index (χ1n) is 6.61. The number of aromatic nitrogens is 1. The third-order valence-electron chi connectivity index (χ3n) is 2.96. The Labute approximate surface area is 129 Å². The average molecular weight is 302 g/mol. The van der Waals surface area contributed by atoms with Crippen LogP contribution in [0, 0.1) is 11.3 Å². The van der Waals surface area contributed by atoms with E-state index >= 15 is 0 Å². The van der Waals surface area contributed by atoms with Crippen molar-refractivity contribution in [3.63, 3.8) is 0 Å². The quantitative estimate of drug-likeness (QED) is 0.921. The zero-order chi connectivity index (χ0) is 15.2. The zero-order valence-corrected chi connectivity index (χ0v) is 12.5. The summed E-state index contributed by atoms with van der Waals surface area (Å²) in [6.45, 7) is 2.17. The summed E-state index contributed by atoms with van der Waals surface area (Å²) in [4.78, 5) is 4.01. The number of benzene rings is 1. The van der Waals surface area contributed by atoms with Crippen LogP contribution in [0.1, 0.15) is 23.7 Å². The number of pyridine rings is 1. The van der Waals surface area contributed by atoms with Crippen molar-refractivity contribution in [2.75, 3.05) is 0 Å². The molecule has 0 amide bonds. The number of nitrogens with two attached hydrogens (primary N) is 1. The van der Waals surface area contributed by atoms with Crippen LogP contribution in [-0.4, -0.2) is 11.0 Å². The Morgan fingerprint density at radius 3 is 2.81 bits per heavy atom. The van der Waals surface area contributed by atoms with E-state index in [-0.39, 0.29) is 12.6 Å². The van der Waals surface area contributed by atoms with Gasteiger partial charge >= 0.3 is 0 Å². The van der Waals surface area contributed by atoms with E-state index in [0.29, 0.717) is 22.9 Å². The molecule has 0 saturated heterocycles. The molecule has 0 fully saturated rings. The molecule has 1 aromatic carbocycles. The molecule has 2 N–H and O–H groups in total. The molecule has 0 bridgehead atoms. The Kier molecular flexibility index (Phi) is 5.15. The summed E-state index contributed by atoms with van der Waals surface area (Å²) in [6.07, 6.45) is 2.26. The fraction of sp³-hybridized carbons (Fsp3) is 0.250. The fourth-order valence-corrected chi connectivity index (χ4v) is 2.28. The van der Waals surface area contributed by atoms with Gasteiger partial charge in [-0.25, -0.2) is 4.98 Å². The topological polar surface area (TPSA) is 71.9 Å². The highest BCUT2D eigenvalue weighted by Crippen LogP contribution is 2.30. The van der Waals surface area contributed by atoms with E-state index in [4.69, 9.17) is 27.3 Å². The minimum atomic E-state index is 0.0129. The van der Waals surface area contributed by atoms with Gasteiger partial charge in [0.1, 0.15) is 24.1 Å². The fourth-order valence-electron chi connectivity index (χ4n) is 2.03. The Morgan fingerprint density at radius 1 is 1.33 bits per heavy atom. The van der Waals surface area contributed by atoms with Crippen LogP contribution in [0.4, 0.5) is 0 Å². The molecule has 5 heteroatoms. The lowest BCUT2D eigenvalue weighted by molar-refractivity contribution is 0.302. The summed E-state index contributed by atoms with van der Waals surface area (Å²) < 4.78 is 5.82. The van der Waals surface area contributed by atoms with Gasteiger partial charge in [0.25, 0.3) is 0 Å². The van der Waals surface area contributed by atoms with Gasteiger partial charge in [0, 0.05) is 17.8 Å². The van der Waals surface area contributed by atoms with Crippen LogP contribution in [0.2, 0.25) is 5.02 Å². The molecule has 0 aliphatic rings. The van der Waals surface area contributed by atoms with E-state index in [1.807, 2.05) is 31.2 Å². The van der Waals surface area contributed by atoms with Gasteiger partial charge in [-0.05, 0) is 31.0 Å². The smallest absolute Gasteiger partial charge is 0.147 e. The van der Waals surface area contributed by atoms with Crippen molar-refractivity contribution in [2.24, 2.45) is 5.73 Å².